The molecule has 0 saturated carbocycles. The molecule has 17 heavy (non-hydrogen) atoms. The lowest BCUT2D eigenvalue weighted by atomic mass is 10.0. The Morgan fingerprint density at radius 3 is 2.82 bits per heavy atom. The monoisotopic (exact) mass is 235 g/mol. The zero-order chi connectivity index (χ0) is 12.7. The molecule has 1 aromatic carbocycles. The minimum absolute atomic E-state index is 0.217. The SMILES string of the molecule is COCCNCC(=O)Cc1cc(C)ccc1C. The summed E-state index contributed by atoms with van der Waals surface area (Å²) in [4.78, 5) is 11.7. The van der Waals surface area contributed by atoms with Crippen molar-refractivity contribution in [2.75, 3.05) is 26.8 Å². The van der Waals surface area contributed by atoms with E-state index >= 15 is 0 Å². The Morgan fingerprint density at radius 2 is 2.12 bits per heavy atom. The van der Waals surface area contributed by atoms with Gasteiger partial charge >= 0.3 is 0 Å². The van der Waals surface area contributed by atoms with E-state index in [2.05, 4.69) is 23.5 Å². The Hall–Kier alpha value is -1.19. The summed E-state index contributed by atoms with van der Waals surface area (Å²) in [5.74, 6) is 0.217. The van der Waals surface area contributed by atoms with Crippen molar-refractivity contribution in [3.63, 3.8) is 0 Å². The van der Waals surface area contributed by atoms with Crippen LogP contribution in [0.15, 0.2) is 18.2 Å². The fourth-order valence-corrected chi connectivity index (χ4v) is 1.67. The quantitative estimate of drug-likeness (QED) is 0.730. The second-order valence-corrected chi connectivity index (χ2v) is 4.31. The van der Waals surface area contributed by atoms with Crippen LogP contribution in [0.1, 0.15) is 16.7 Å². The van der Waals surface area contributed by atoms with E-state index in [0.717, 1.165) is 12.1 Å². The number of Topliss-reactive ketones (excluding diaryl/α,β-unsaturated/α-hetero) is 1. The predicted octanol–water partition coefficient (Wildman–Crippen LogP) is 1.65. The van der Waals surface area contributed by atoms with Crippen molar-refractivity contribution < 1.29 is 9.53 Å². The van der Waals surface area contributed by atoms with Crippen LogP contribution in [0.4, 0.5) is 0 Å². The van der Waals surface area contributed by atoms with Gasteiger partial charge in [0.15, 0.2) is 5.78 Å². The first kappa shape index (κ1) is 13.9. The lowest BCUT2D eigenvalue weighted by molar-refractivity contribution is -0.117. The molecule has 0 aliphatic heterocycles. The first-order valence-electron chi connectivity index (χ1n) is 5.91. The van der Waals surface area contributed by atoms with Gasteiger partial charge in [0, 0.05) is 20.1 Å². The Labute approximate surface area is 103 Å². The van der Waals surface area contributed by atoms with Gasteiger partial charge in [-0.2, -0.15) is 0 Å². The molecule has 0 spiro atoms. The Balaban J connectivity index is 2.42. The summed E-state index contributed by atoms with van der Waals surface area (Å²) in [6, 6.07) is 6.22. The van der Waals surface area contributed by atoms with E-state index in [4.69, 9.17) is 4.74 Å². The van der Waals surface area contributed by atoms with Gasteiger partial charge in [0.2, 0.25) is 0 Å². The smallest absolute Gasteiger partial charge is 0.150 e. The van der Waals surface area contributed by atoms with Crippen LogP contribution in [0, 0.1) is 13.8 Å². The second-order valence-electron chi connectivity index (χ2n) is 4.31. The molecule has 0 aliphatic rings. The normalized spacial score (nSPS) is 10.5. The molecule has 3 nitrogen and oxygen atoms in total. The largest absolute Gasteiger partial charge is 0.383 e. The highest BCUT2D eigenvalue weighted by atomic mass is 16.5. The average Bonchev–Trinajstić information content (AvgIpc) is 2.29. The van der Waals surface area contributed by atoms with E-state index in [0.29, 0.717) is 19.6 Å². The zero-order valence-corrected chi connectivity index (χ0v) is 10.9. The molecule has 0 radical (unpaired) electrons. The van der Waals surface area contributed by atoms with Gasteiger partial charge in [-0.1, -0.05) is 23.8 Å². The first-order valence-corrected chi connectivity index (χ1v) is 5.91. The molecule has 0 aliphatic carbocycles. The van der Waals surface area contributed by atoms with Gasteiger partial charge in [0.25, 0.3) is 0 Å². The summed E-state index contributed by atoms with van der Waals surface area (Å²) in [6.07, 6.45) is 0.507. The van der Waals surface area contributed by atoms with Crippen molar-refractivity contribution in [1.29, 1.82) is 0 Å². The van der Waals surface area contributed by atoms with Crippen LogP contribution < -0.4 is 5.32 Å². The molecule has 0 heterocycles. The fourth-order valence-electron chi connectivity index (χ4n) is 1.67. The van der Waals surface area contributed by atoms with Crippen LogP contribution in [0.2, 0.25) is 0 Å². The average molecular weight is 235 g/mol. The molecule has 0 saturated heterocycles. The lowest BCUT2D eigenvalue weighted by Gasteiger charge is -2.07. The van der Waals surface area contributed by atoms with Gasteiger partial charge < -0.3 is 10.1 Å². The molecule has 3 heteroatoms. The number of rotatable bonds is 7. The van der Waals surface area contributed by atoms with Crippen molar-refractivity contribution in [2.24, 2.45) is 0 Å². The molecule has 1 N–H and O–H groups in total. The fraction of sp³-hybridized carbons (Fsp3) is 0.500. The Morgan fingerprint density at radius 1 is 1.35 bits per heavy atom. The molecular weight excluding hydrogens is 214 g/mol. The molecule has 1 rings (SSSR count). The summed E-state index contributed by atoms with van der Waals surface area (Å²) < 4.78 is 4.90. The van der Waals surface area contributed by atoms with E-state index in [-0.39, 0.29) is 5.78 Å². The lowest BCUT2D eigenvalue weighted by Crippen LogP contribution is -2.27. The minimum atomic E-state index is 0.217. The third kappa shape index (κ3) is 5.11. The van der Waals surface area contributed by atoms with E-state index in [1.807, 2.05) is 13.8 Å². The van der Waals surface area contributed by atoms with Crippen LogP contribution in [-0.2, 0) is 16.0 Å². The highest BCUT2D eigenvalue weighted by Gasteiger charge is 2.05. The molecule has 0 aromatic heterocycles. The summed E-state index contributed by atoms with van der Waals surface area (Å²) in [5, 5.41) is 3.07. The summed E-state index contributed by atoms with van der Waals surface area (Å²) in [7, 11) is 1.65. The zero-order valence-electron chi connectivity index (χ0n) is 10.9. The van der Waals surface area contributed by atoms with Crippen LogP contribution >= 0.6 is 0 Å². The second kappa shape index (κ2) is 7.20. The molecular formula is C14H21NO2. The number of ether oxygens (including phenoxy) is 1. The maximum absolute atomic E-state index is 11.7. The van der Waals surface area contributed by atoms with Crippen molar-refractivity contribution >= 4 is 5.78 Å². The summed E-state index contributed by atoms with van der Waals surface area (Å²) in [5.41, 5.74) is 3.51. The molecule has 0 unspecified atom stereocenters. The highest BCUT2D eigenvalue weighted by molar-refractivity contribution is 5.83. The van der Waals surface area contributed by atoms with Crippen molar-refractivity contribution in [1.82, 2.24) is 5.32 Å². The molecule has 0 amide bonds. The van der Waals surface area contributed by atoms with Crippen molar-refractivity contribution in [2.45, 2.75) is 20.3 Å². The van der Waals surface area contributed by atoms with Gasteiger partial charge in [-0.3, -0.25) is 4.79 Å². The number of methoxy groups -OCH3 is 1. The predicted molar refractivity (Wildman–Crippen MR) is 69.4 cm³/mol. The van der Waals surface area contributed by atoms with Crippen LogP contribution in [0.25, 0.3) is 0 Å². The topological polar surface area (TPSA) is 38.3 Å². The number of hydrogen-bond donors (Lipinski definition) is 1. The number of aryl methyl sites for hydroxylation is 2. The first-order chi connectivity index (χ1) is 8.13. The number of benzene rings is 1. The maximum Gasteiger partial charge on any atom is 0.150 e. The summed E-state index contributed by atoms with van der Waals surface area (Å²) in [6.45, 7) is 5.85. The van der Waals surface area contributed by atoms with E-state index < -0.39 is 0 Å². The standard InChI is InChI=1S/C14H21NO2/c1-11-4-5-12(2)13(8-11)9-14(16)10-15-6-7-17-3/h4-5,8,15H,6-7,9-10H2,1-3H3. The van der Waals surface area contributed by atoms with Crippen LogP contribution in [-0.4, -0.2) is 32.6 Å². The molecule has 0 atom stereocenters. The van der Waals surface area contributed by atoms with Gasteiger partial charge in [-0.05, 0) is 25.0 Å². The Bertz CT molecular complexity index is 374. The number of ketones is 1. The van der Waals surface area contributed by atoms with E-state index in [1.165, 1.54) is 11.1 Å². The number of carbonyl (C=O) groups excluding carboxylic acids is 1. The van der Waals surface area contributed by atoms with Gasteiger partial charge in [0.1, 0.15) is 0 Å². The van der Waals surface area contributed by atoms with Crippen molar-refractivity contribution in [3.05, 3.63) is 34.9 Å². The van der Waals surface area contributed by atoms with Crippen LogP contribution in [0.5, 0.6) is 0 Å². The van der Waals surface area contributed by atoms with Gasteiger partial charge in [0.05, 0.1) is 13.2 Å². The third-order valence-electron chi connectivity index (χ3n) is 2.70. The Kier molecular flexibility index (Phi) is 5.87. The number of hydrogen-bond acceptors (Lipinski definition) is 3. The van der Waals surface area contributed by atoms with Crippen LogP contribution in [0.3, 0.4) is 0 Å². The number of carbonyl (C=O) groups is 1. The number of nitrogens with one attached hydrogen (secondary N) is 1. The minimum Gasteiger partial charge on any atom is -0.383 e. The summed E-state index contributed by atoms with van der Waals surface area (Å²) >= 11 is 0. The molecule has 1 aromatic rings. The van der Waals surface area contributed by atoms with Gasteiger partial charge in [-0.25, -0.2) is 0 Å². The van der Waals surface area contributed by atoms with Gasteiger partial charge in [-0.15, -0.1) is 0 Å². The molecule has 0 bridgehead atoms. The van der Waals surface area contributed by atoms with E-state index in [1.54, 1.807) is 7.11 Å². The maximum atomic E-state index is 11.7. The van der Waals surface area contributed by atoms with E-state index in [9.17, 15) is 4.79 Å². The molecule has 94 valence electrons. The third-order valence-corrected chi connectivity index (χ3v) is 2.70. The molecule has 0 fully saturated rings. The highest BCUT2D eigenvalue weighted by Crippen LogP contribution is 2.11. The van der Waals surface area contributed by atoms with Crippen molar-refractivity contribution in [3.8, 4) is 0 Å².